The van der Waals surface area contributed by atoms with Crippen molar-refractivity contribution in [2.75, 3.05) is 20.2 Å². The summed E-state index contributed by atoms with van der Waals surface area (Å²) >= 11 is 1.64. The molecule has 1 aromatic heterocycles. The maximum Gasteiger partial charge on any atom is 1.00 e. The van der Waals surface area contributed by atoms with Crippen LogP contribution < -0.4 is 71.9 Å². The van der Waals surface area contributed by atoms with Crippen LogP contribution >= 0.6 is 11.9 Å². The Kier molecular flexibility index (Phi) is 24.1. The van der Waals surface area contributed by atoms with Gasteiger partial charge in [0, 0.05) is 30.0 Å². The largest absolute Gasteiger partial charge is 1.00 e. The number of nitrogens with zero attached hydrogens (tertiary/aromatic N) is 3. The molecule has 0 bridgehead atoms. The van der Waals surface area contributed by atoms with E-state index in [9.17, 15) is 31.9 Å². The number of unbranched alkanes of at least 4 members (excludes halogenated alkanes) is 2. The zero-order valence-corrected chi connectivity index (χ0v) is 41.2. The summed E-state index contributed by atoms with van der Waals surface area (Å²) in [6, 6.07) is 4.09. The van der Waals surface area contributed by atoms with E-state index in [2.05, 4.69) is 41.2 Å². The third-order valence-electron chi connectivity index (χ3n) is 10.4. The number of benzene rings is 1. The van der Waals surface area contributed by atoms with Gasteiger partial charge >= 0.3 is 63.7 Å². The number of nitrogens with two attached hydrogens (primary N) is 1. The van der Waals surface area contributed by atoms with Crippen LogP contribution in [0.2, 0.25) is 0 Å². The molecule has 1 aromatic carbocycles. The average Bonchev–Trinajstić information content (AvgIpc) is 4.08. The van der Waals surface area contributed by atoms with Crippen molar-refractivity contribution in [3.63, 3.8) is 0 Å². The van der Waals surface area contributed by atoms with Gasteiger partial charge in [0.2, 0.25) is 23.3 Å². The number of rotatable bonds is 18. The molecule has 11 nitrogen and oxygen atoms in total. The normalized spacial score (nSPS) is 18.6. The second-order valence-corrected chi connectivity index (χ2v) is 16.9. The first-order valence-electron chi connectivity index (χ1n) is 20.8. The predicted molar refractivity (Wildman–Crippen MR) is 227 cm³/mol. The smallest absolute Gasteiger partial charge is 0.604 e. The molecule has 2 unspecified atom stereocenters. The monoisotopic (exact) mass is 895 g/mol. The average molecular weight is 896 g/mol. The number of hydrogen-bond acceptors (Lipinski definition) is 8. The number of alkyl halides is 3. The minimum Gasteiger partial charge on any atom is -0.604 e. The number of carbonyl (C=O) groups is 3. The Labute approximate surface area is 401 Å². The van der Waals surface area contributed by atoms with Crippen LogP contribution in [0.15, 0.2) is 37.1 Å². The summed E-state index contributed by atoms with van der Waals surface area (Å²) in [7, 11) is 1.43. The van der Waals surface area contributed by atoms with E-state index in [-0.39, 0.29) is 97.6 Å². The number of halogens is 4. The summed E-state index contributed by atoms with van der Waals surface area (Å²) < 4.78 is 70.5. The molecule has 0 radical (unpaired) electrons. The SMILES string of the molecule is C=CCCCCC(CC)CC(=O)N1C[C@H](Oc2nccc3cc(OC)c(F)cc23)CC1C(=O)NC1(C[N-]SC2(C)CC2)CC1.CC.CC.CC(C)(OC(N)=O)C(F)(F)F.[K+]. The number of primary amides is 1. The Morgan fingerprint density at radius 3 is 2.30 bits per heavy atom. The molecule has 5 rings (SSSR count). The van der Waals surface area contributed by atoms with Crippen LogP contribution in [0.25, 0.3) is 15.5 Å². The van der Waals surface area contributed by atoms with E-state index in [0.29, 0.717) is 24.8 Å². The molecule has 60 heavy (non-hydrogen) atoms. The minimum absolute atomic E-state index is 0. The quantitative estimate of drug-likeness (QED) is 0.0512. The third kappa shape index (κ3) is 17.2. The first-order chi connectivity index (χ1) is 27.8. The first-order valence-corrected chi connectivity index (χ1v) is 21.5. The maximum absolute atomic E-state index is 14.6. The van der Waals surface area contributed by atoms with Crippen LogP contribution in [0.1, 0.15) is 126 Å². The Bertz CT molecular complexity index is 1680. The number of hydrogen-bond donors (Lipinski definition) is 2. The molecule has 2 saturated carbocycles. The molecule has 1 aliphatic heterocycles. The van der Waals surface area contributed by atoms with E-state index < -0.39 is 35.8 Å². The molecular weight excluding hydrogens is 830 g/mol. The van der Waals surface area contributed by atoms with Gasteiger partial charge in [-0.1, -0.05) is 60.5 Å². The minimum atomic E-state index is -4.60. The Morgan fingerprint density at radius 2 is 1.78 bits per heavy atom. The van der Waals surface area contributed by atoms with Gasteiger partial charge < -0.3 is 34.9 Å². The number of carbonyl (C=O) groups excluding carboxylic acids is 3. The fourth-order valence-electron chi connectivity index (χ4n) is 6.21. The molecule has 2 aromatic rings. The van der Waals surface area contributed by atoms with Crippen LogP contribution in [0.3, 0.4) is 0 Å². The number of methoxy groups -OCH3 is 1. The standard InChI is InChI=1S/C34H46FN4O4S.C5H8F3NO2.2C2H6.K/c1-5-7-8-9-10-23(6-2)17-30(40)39-21-25(43-32-26-20-27(35)29(42-4)18-24(26)11-16-36-32)19-28(39)31(41)38-34(14-15-34)22-37-44-33(3)12-13-33;1-4(2,5(6,7)8)11-3(9)10;2*1-2;/h5,11,16,18,20,23,25,28H,1,6-10,12-15,17,19,21-22H2,2-4H3,(H,38,41);1-2H3,(H2,9,10);2*1-2H3;/q-1;;;;+1/t23?,25-,28?;;;;/m1..../s1. The fourth-order valence-corrected chi connectivity index (χ4v) is 7.11. The number of amides is 3. The van der Waals surface area contributed by atoms with Gasteiger partial charge in [0.25, 0.3) is 0 Å². The third-order valence-corrected chi connectivity index (χ3v) is 11.5. The summed E-state index contributed by atoms with van der Waals surface area (Å²) in [5.74, 6) is -0.0154. The van der Waals surface area contributed by atoms with E-state index in [0.717, 1.165) is 64.2 Å². The molecule has 3 atom stereocenters. The Morgan fingerprint density at radius 1 is 1.13 bits per heavy atom. The molecule has 2 heterocycles. The summed E-state index contributed by atoms with van der Waals surface area (Å²) in [4.78, 5) is 43.7. The molecule has 3 N–H and O–H groups in total. The number of likely N-dealkylation sites (tertiary alicyclic amines) is 1. The maximum atomic E-state index is 14.6. The summed E-state index contributed by atoms with van der Waals surface area (Å²) in [6.45, 7) is 18.4. The van der Waals surface area contributed by atoms with Crippen LogP contribution in [0.5, 0.6) is 11.6 Å². The number of pyridine rings is 1. The molecular formula is C43H66F4KN5O6S. The number of allylic oxidation sites excluding steroid dienone is 1. The van der Waals surface area contributed by atoms with Crippen LogP contribution in [-0.2, 0) is 14.3 Å². The molecule has 3 fully saturated rings. The number of aromatic nitrogens is 1. The molecule has 17 heteroatoms. The van der Waals surface area contributed by atoms with Gasteiger partial charge in [-0.25, -0.2) is 14.2 Å². The van der Waals surface area contributed by atoms with Crippen molar-refractivity contribution < 1.29 is 97.5 Å². The predicted octanol–water partition coefficient (Wildman–Crippen LogP) is 7.60. The number of ether oxygens (including phenoxy) is 3. The fraction of sp³-hybridized carbons (Fsp3) is 0.674. The Balaban J connectivity index is 0.000000972. The molecule has 0 spiro atoms. The summed E-state index contributed by atoms with van der Waals surface area (Å²) in [5.41, 5.74) is 1.57. The topological polar surface area (TPSA) is 147 Å². The van der Waals surface area contributed by atoms with E-state index in [1.807, 2.05) is 33.8 Å². The zero-order valence-electron chi connectivity index (χ0n) is 37.3. The van der Waals surface area contributed by atoms with Crippen molar-refractivity contribution in [2.24, 2.45) is 11.7 Å². The summed E-state index contributed by atoms with van der Waals surface area (Å²) in [5, 5.41) is 4.51. The van der Waals surface area contributed by atoms with Crippen molar-refractivity contribution in [2.45, 2.75) is 160 Å². The van der Waals surface area contributed by atoms with Gasteiger partial charge in [0.05, 0.1) is 13.7 Å². The molecule has 1 saturated heterocycles. The van der Waals surface area contributed by atoms with Crippen molar-refractivity contribution in [3.05, 3.63) is 47.6 Å². The van der Waals surface area contributed by atoms with E-state index >= 15 is 0 Å². The van der Waals surface area contributed by atoms with Crippen LogP contribution in [0.4, 0.5) is 22.4 Å². The van der Waals surface area contributed by atoms with Gasteiger partial charge in [-0.2, -0.15) is 13.2 Å². The number of fused-ring (bicyclic) bond motifs is 1. The van der Waals surface area contributed by atoms with Gasteiger partial charge in [0.1, 0.15) is 12.1 Å². The van der Waals surface area contributed by atoms with Crippen molar-refractivity contribution >= 4 is 40.6 Å². The zero-order chi connectivity index (χ0) is 44.6. The van der Waals surface area contributed by atoms with Gasteiger partial charge in [-0.15, -0.1) is 13.1 Å². The van der Waals surface area contributed by atoms with Crippen LogP contribution in [0, 0.1) is 11.7 Å². The molecule has 3 aliphatic rings. The van der Waals surface area contributed by atoms with Crippen molar-refractivity contribution in [1.82, 2.24) is 15.2 Å². The second kappa shape index (κ2) is 25.8. The Hall–Kier alpha value is -2.15. The van der Waals surface area contributed by atoms with Crippen molar-refractivity contribution in [1.29, 1.82) is 0 Å². The van der Waals surface area contributed by atoms with Gasteiger partial charge in [0.15, 0.2) is 11.6 Å². The van der Waals surface area contributed by atoms with E-state index in [1.54, 1.807) is 35.2 Å². The molecule has 334 valence electrons. The number of nitrogens with one attached hydrogen (secondary N) is 1. The van der Waals surface area contributed by atoms with Gasteiger partial charge in [-0.05, 0) is 93.0 Å². The van der Waals surface area contributed by atoms with E-state index in [4.69, 9.17) is 14.2 Å². The van der Waals surface area contributed by atoms with Crippen molar-refractivity contribution in [3.8, 4) is 11.6 Å². The van der Waals surface area contributed by atoms with E-state index in [1.165, 1.54) is 26.0 Å². The molecule has 2 aliphatic carbocycles. The second-order valence-electron chi connectivity index (χ2n) is 15.4. The first kappa shape index (κ1) is 55.9. The van der Waals surface area contributed by atoms with Gasteiger partial charge in [-0.3, -0.25) is 21.5 Å². The summed E-state index contributed by atoms with van der Waals surface area (Å²) in [6.07, 6.45) is 6.87. The molecule has 3 amide bonds. The van der Waals surface area contributed by atoms with Crippen LogP contribution in [-0.4, -0.2) is 82.2 Å².